The molecule has 1 atom stereocenters. The molecule has 1 fully saturated rings. The Balaban J connectivity index is 1.84. The van der Waals surface area contributed by atoms with Gasteiger partial charge < -0.3 is 9.42 Å². The Morgan fingerprint density at radius 3 is 2.88 bits per heavy atom. The van der Waals surface area contributed by atoms with Crippen LogP contribution in [0.4, 0.5) is 0 Å². The van der Waals surface area contributed by atoms with Crippen LogP contribution in [-0.2, 0) is 15.6 Å². The summed E-state index contributed by atoms with van der Waals surface area (Å²) in [4.78, 5) is 18.8. The maximum Gasteiger partial charge on any atom is 0.254 e. The lowest BCUT2D eigenvalue weighted by Crippen LogP contribution is -2.31. The van der Waals surface area contributed by atoms with Gasteiger partial charge in [-0.1, -0.05) is 17.3 Å². The number of amides is 1. The Hall–Kier alpha value is -2.22. The molecule has 0 radical (unpaired) electrons. The molecule has 0 N–H and O–H groups in total. The molecule has 128 valence electrons. The maximum atomic E-state index is 12.8. The lowest BCUT2D eigenvalue weighted by molar-refractivity contribution is 0.0728. The lowest BCUT2D eigenvalue weighted by Gasteiger charge is -2.22. The molecular weight excluding hydrogens is 330 g/mol. The number of nitrogens with zero attached hydrogens (tertiary/aromatic N) is 3. The van der Waals surface area contributed by atoms with Gasteiger partial charge in [0.2, 0.25) is 5.89 Å². The summed E-state index contributed by atoms with van der Waals surface area (Å²) in [5.74, 6) is 0.766. The van der Waals surface area contributed by atoms with E-state index >= 15 is 0 Å². The van der Waals surface area contributed by atoms with Gasteiger partial charge in [0.15, 0.2) is 15.7 Å². The van der Waals surface area contributed by atoms with Crippen LogP contribution in [0, 0.1) is 6.92 Å². The first-order chi connectivity index (χ1) is 11.3. The molecule has 1 saturated heterocycles. The van der Waals surface area contributed by atoms with Crippen LogP contribution in [0.1, 0.15) is 46.5 Å². The number of benzene rings is 1. The molecule has 0 spiro atoms. The number of carbonyl (C=O) groups excluding carboxylic acids is 1. The first-order valence-corrected chi connectivity index (χ1v) is 9.77. The molecule has 0 saturated carbocycles. The highest BCUT2D eigenvalue weighted by Crippen LogP contribution is 2.31. The fourth-order valence-corrected chi connectivity index (χ4v) is 3.78. The van der Waals surface area contributed by atoms with Gasteiger partial charge >= 0.3 is 0 Å². The fraction of sp³-hybridized carbons (Fsp3) is 0.438. The van der Waals surface area contributed by atoms with Crippen molar-refractivity contribution in [2.24, 2.45) is 0 Å². The van der Waals surface area contributed by atoms with Crippen molar-refractivity contribution < 1.29 is 17.7 Å². The number of rotatable bonds is 4. The van der Waals surface area contributed by atoms with Crippen LogP contribution in [0.2, 0.25) is 0 Å². The van der Waals surface area contributed by atoms with E-state index in [9.17, 15) is 13.2 Å². The Bertz CT molecular complexity index is 860. The minimum atomic E-state index is -3.15. The van der Waals surface area contributed by atoms with E-state index in [-0.39, 0.29) is 17.7 Å². The zero-order valence-corrected chi connectivity index (χ0v) is 14.4. The highest BCUT2D eigenvalue weighted by molar-refractivity contribution is 7.89. The molecule has 2 aromatic rings. The average Bonchev–Trinajstić information content (AvgIpc) is 3.13. The topological polar surface area (TPSA) is 93.4 Å². The molecule has 1 aliphatic heterocycles. The van der Waals surface area contributed by atoms with Gasteiger partial charge in [-0.2, -0.15) is 4.98 Å². The summed E-state index contributed by atoms with van der Waals surface area (Å²) in [5.41, 5.74) is 1.08. The van der Waals surface area contributed by atoms with E-state index in [1.807, 2.05) is 0 Å². The number of sulfone groups is 1. The number of hydrogen-bond acceptors (Lipinski definition) is 6. The normalized spacial score (nSPS) is 18.1. The number of hydrogen-bond donors (Lipinski definition) is 0. The van der Waals surface area contributed by atoms with Crippen LogP contribution in [0.5, 0.6) is 0 Å². The van der Waals surface area contributed by atoms with E-state index < -0.39 is 9.84 Å². The first-order valence-electron chi connectivity index (χ1n) is 7.71. The summed E-state index contributed by atoms with van der Waals surface area (Å²) in [6.45, 7) is 2.33. The minimum absolute atomic E-state index is 0.0818. The van der Waals surface area contributed by atoms with Crippen LogP contribution in [-0.4, -0.2) is 42.2 Å². The summed E-state index contributed by atoms with van der Waals surface area (Å²) in [5, 5.41) is 3.93. The average molecular weight is 349 g/mol. The van der Waals surface area contributed by atoms with E-state index in [1.165, 1.54) is 6.26 Å². The van der Waals surface area contributed by atoms with E-state index in [0.29, 0.717) is 29.4 Å². The van der Waals surface area contributed by atoms with Gasteiger partial charge in [-0.15, -0.1) is 0 Å². The third kappa shape index (κ3) is 3.64. The predicted octanol–water partition coefficient (Wildman–Crippen LogP) is 1.90. The summed E-state index contributed by atoms with van der Waals surface area (Å²) < 4.78 is 27.9. The molecule has 7 nitrogen and oxygen atoms in total. The smallest absolute Gasteiger partial charge is 0.254 e. The summed E-state index contributed by atoms with van der Waals surface area (Å²) in [6, 6.07) is 6.55. The minimum Gasteiger partial charge on any atom is -0.340 e. The van der Waals surface area contributed by atoms with Crippen molar-refractivity contribution in [1.29, 1.82) is 0 Å². The van der Waals surface area contributed by atoms with Crippen LogP contribution < -0.4 is 0 Å². The van der Waals surface area contributed by atoms with Gasteiger partial charge in [0.05, 0.1) is 11.8 Å². The highest BCUT2D eigenvalue weighted by atomic mass is 32.2. The quantitative estimate of drug-likeness (QED) is 0.837. The third-order valence-electron chi connectivity index (χ3n) is 3.96. The van der Waals surface area contributed by atoms with E-state index in [2.05, 4.69) is 10.1 Å². The Morgan fingerprint density at radius 2 is 2.21 bits per heavy atom. The van der Waals surface area contributed by atoms with Gasteiger partial charge in [-0.05, 0) is 30.5 Å². The Kier molecular flexibility index (Phi) is 4.40. The van der Waals surface area contributed by atoms with Gasteiger partial charge in [-0.25, -0.2) is 8.42 Å². The molecule has 24 heavy (non-hydrogen) atoms. The standard InChI is InChI=1S/C16H19N3O4S/c1-11-17-15(18-23-11)14-7-4-8-19(14)16(20)13-6-3-5-12(9-13)10-24(2,21)22/h3,5-6,9,14H,4,7-8,10H2,1-2H3/t14-/m0/s1. The number of likely N-dealkylation sites (tertiary alicyclic amines) is 1. The molecule has 0 aliphatic carbocycles. The Morgan fingerprint density at radius 1 is 1.42 bits per heavy atom. The monoisotopic (exact) mass is 349 g/mol. The van der Waals surface area contributed by atoms with Crippen LogP contribution >= 0.6 is 0 Å². The van der Waals surface area contributed by atoms with E-state index in [1.54, 1.807) is 36.1 Å². The molecule has 2 heterocycles. The SMILES string of the molecule is Cc1nc([C@@H]2CCCN2C(=O)c2cccc(CS(C)(=O)=O)c2)no1. The predicted molar refractivity (Wildman–Crippen MR) is 87.0 cm³/mol. The van der Waals surface area contributed by atoms with Crippen LogP contribution in [0.15, 0.2) is 28.8 Å². The second-order valence-electron chi connectivity index (χ2n) is 6.10. The van der Waals surface area contributed by atoms with E-state index in [0.717, 1.165) is 12.8 Å². The summed E-state index contributed by atoms with van der Waals surface area (Å²) in [6.07, 6.45) is 2.83. The molecule has 1 aromatic carbocycles. The summed E-state index contributed by atoms with van der Waals surface area (Å²) >= 11 is 0. The third-order valence-corrected chi connectivity index (χ3v) is 4.82. The molecule has 0 bridgehead atoms. The fourth-order valence-electron chi connectivity index (χ4n) is 2.99. The molecule has 1 aliphatic rings. The van der Waals surface area contributed by atoms with Gasteiger partial charge in [0.25, 0.3) is 5.91 Å². The largest absolute Gasteiger partial charge is 0.340 e. The van der Waals surface area contributed by atoms with Crippen molar-refractivity contribution in [2.45, 2.75) is 31.6 Å². The Labute approximate surface area is 140 Å². The number of aromatic nitrogens is 2. The molecule has 0 unspecified atom stereocenters. The number of carbonyl (C=O) groups is 1. The zero-order valence-electron chi connectivity index (χ0n) is 13.6. The lowest BCUT2D eigenvalue weighted by atomic mass is 10.1. The summed E-state index contributed by atoms with van der Waals surface area (Å²) in [7, 11) is -3.15. The van der Waals surface area contributed by atoms with Crippen LogP contribution in [0.25, 0.3) is 0 Å². The molecular formula is C16H19N3O4S. The first kappa shape index (κ1) is 16.6. The molecule has 1 aromatic heterocycles. The van der Waals surface area contributed by atoms with Gasteiger partial charge in [-0.3, -0.25) is 4.79 Å². The van der Waals surface area contributed by atoms with E-state index in [4.69, 9.17) is 4.52 Å². The molecule has 1 amide bonds. The second-order valence-corrected chi connectivity index (χ2v) is 8.24. The van der Waals surface area contributed by atoms with Crippen molar-refractivity contribution in [3.05, 3.63) is 47.1 Å². The van der Waals surface area contributed by atoms with Crippen molar-refractivity contribution in [1.82, 2.24) is 15.0 Å². The molecule has 8 heteroatoms. The van der Waals surface area contributed by atoms with Crippen molar-refractivity contribution in [2.75, 3.05) is 12.8 Å². The van der Waals surface area contributed by atoms with Gasteiger partial charge in [0, 0.05) is 25.3 Å². The maximum absolute atomic E-state index is 12.8. The van der Waals surface area contributed by atoms with Crippen molar-refractivity contribution >= 4 is 15.7 Å². The second kappa shape index (κ2) is 6.35. The molecule has 3 rings (SSSR count). The van der Waals surface area contributed by atoms with Crippen molar-refractivity contribution in [3.8, 4) is 0 Å². The van der Waals surface area contributed by atoms with Gasteiger partial charge in [0.1, 0.15) is 0 Å². The zero-order chi connectivity index (χ0) is 17.3. The highest BCUT2D eigenvalue weighted by Gasteiger charge is 2.33. The van der Waals surface area contributed by atoms with Crippen LogP contribution in [0.3, 0.4) is 0 Å². The van der Waals surface area contributed by atoms with Crippen molar-refractivity contribution in [3.63, 3.8) is 0 Å². The number of aryl methyl sites for hydroxylation is 1.